The van der Waals surface area contributed by atoms with Crippen molar-refractivity contribution in [2.24, 2.45) is 5.10 Å². The van der Waals surface area contributed by atoms with Crippen LogP contribution in [0.25, 0.3) is 0 Å². The Balaban J connectivity index is 2.22. The van der Waals surface area contributed by atoms with Gasteiger partial charge in [0, 0.05) is 17.3 Å². The molecule has 0 aliphatic carbocycles. The van der Waals surface area contributed by atoms with Gasteiger partial charge in [-0.15, -0.1) is 0 Å². The minimum atomic E-state index is -0.252. The Morgan fingerprint density at radius 3 is 2.76 bits per heavy atom. The van der Waals surface area contributed by atoms with Gasteiger partial charge in [0.2, 0.25) is 5.95 Å². The van der Waals surface area contributed by atoms with Crippen LogP contribution in [-0.2, 0) is 6.42 Å². The molecule has 5 nitrogen and oxygen atoms in total. The number of H-pyrrole nitrogens is 1. The smallest absolute Gasteiger partial charge is 0.252 e. The van der Waals surface area contributed by atoms with Crippen molar-refractivity contribution in [2.45, 2.75) is 13.3 Å². The first-order valence-corrected chi connectivity index (χ1v) is 7.17. The zero-order chi connectivity index (χ0) is 15.4. The lowest BCUT2D eigenvalue weighted by Gasteiger charge is -2.04. The maximum atomic E-state index is 11.4. The fourth-order valence-corrected chi connectivity index (χ4v) is 2.19. The van der Waals surface area contributed by atoms with Crippen LogP contribution in [0.15, 0.2) is 28.1 Å². The molecule has 8 heteroatoms. The van der Waals surface area contributed by atoms with Crippen molar-refractivity contribution < 1.29 is 0 Å². The lowest BCUT2D eigenvalue weighted by Crippen LogP contribution is -2.11. The molecule has 0 radical (unpaired) electrons. The summed E-state index contributed by atoms with van der Waals surface area (Å²) in [6.07, 6.45) is 2.06. The number of aromatic amines is 1. The SMILES string of the molecule is CCc1cc(=O)[nH]c(N/N=C\c2c(Cl)ccc(Cl)c2Cl)n1. The summed E-state index contributed by atoms with van der Waals surface area (Å²) in [5.41, 5.74) is 3.51. The molecule has 0 atom stereocenters. The van der Waals surface area contributed by atoms with Gasteiger partial charge in [-0.3, -0.25) is 9.78 Å². The fourth-order valence-electron chi connectivity index (χ4n) is 1.56. The zero-order valence-electron chi connectivity index (χ0n) is 11.0. The highest BCUT2D eigenvalue weighted by Crippen LogP contribution is 2.29. The van der Waals surface area contributed by atoms with Crippen molar-refractivity contribution in [3.63, 3.8) is 0 Å². The van der Waals surface area contributed by atoms with Crippen molar-refractivity contribution in [1.82, 2.24) is 9.97 Å². The van der Waals surface area contributed by atoms with Gasteiger partial charge in [-0.25, -0.2) is 10.4 Å². The molecule has 0 saturated heterocycles. The van der Waals surface area contributed by atoms with Gasteiger partial charge in [0.25, 0.3) is 5.56 Å². The summed E-state index contributed by atoms with van der Waals surface area (Å²) < 4.78 is 0. The molecule has 0 amide bonds. The first kappa shape index (κ1) is 15.8. The predicted molar refractivity (Wildman–Crippen MR) is 86.9 cm³/mol. The van der Waals surface area contributed by atoms with E-state index in [-0.39, 0.29) is 11.5 Å². The van der Waals surface area contributed by atoms with Gasteiger partial charge in [0.1, 0.15) is 0 Å². The first-order chi connectivity index (χ1) is 10.0. The van der Waals surface area contributed by atoms with Gasteiger partial charge in [-0.05, 0) is 18.6 Å². The number of aromatic nitrogens is 2. The monoisotopic (exact) mass is 344 g/mol. The van der Waals surface area contributed by atoms with E-state index in [9.17, 15) is 4.79 Å². The van der Waals surface area contributed by atoms with Crippen LogP contribution in [-0.4, -0.2) is 16.2 Å². The zero-order valence-corrected chi connectivity index (χ0v) is 13.2. The number of hydrogen-bond acceptors (Lipinski definition) is 4. The second-order valence-electron chi connectivity index (χ2n) is 4.07. The maximum absolute atomic E-state index is 11.4. The number of anilines is 1. The summed E-state index contributed by atoms with van der Waals surface area (Å²) in [5.74, 6) is 0.241. The second-order valence-corrected chi connectivity index (χ2v) is 5.26. The van der Waals surface area contributed by atoms with Crippen LogP contribution in [0.4, 0.5) is 5.95 Å². The Hall–Kier alpha value is -1.56. The molecule has 0 aliphatic rings. The summed E-state index contributed by atoms with van der Waals surface area (Å²) in [6.45, 7) is 1.90. The largest absolute Gasteiger partial charge is 0.291 e. The Labute approximate surface area is 136 Å². The van der Waals surface area contributed by atoms with Crippen molar-refractivity contribution in [3.8, 4) is 0 Å². The Morgan fingerprint density at radius 1 is 1.33 bits per heavy atom. The quantitative estimate of drug-likeness (QED) is 0.504. The van der Waals surface area contributed by atoms with Crippen molar-refractivity contribution >= 4 is 47.0 Å². The number of benzene rings is 1. The van der Waals surface area contributed by atoms with E-state index in [2.05, 4.69) is 20.5 Å². The molecule has 0 bridgehead atoms. The average Bonchev–Trinajstić information content (AvgIpc) is 2.46. The van der Waals surface area contributed by atoms with Crippen LogP contribution in [0, 0.1) is 0 Å². The first-order valence-electron chi connectivity index (χ1n) is 6.04. The van der Waals surface area contributed by atoms with E-state index in [1.807, 2.05) is 6.92 Å². The highest BCUT2D eigenvalue weighted by atomic mass is 35.5. The van der Waals surface area contributed by atoms with Crippen LogP contribution in [0.1, 0.15) is 18.2 Å². The normalized spacial score (nSPS) is 11.0. The topological polar surface area (TPSA) is 70.1 Å². The van der Waals surface area contributed by atoms with Gasteiger partial charge in [0.05, 0.1) is 21.3 Å². The van der Waals surface area contributed by atoms with Crippen LogP contribution >= 0.6 is 34.8 Å². The highest BCUT2D eigenvalue weighted by molar-refractivity contribution is 6.45. The van der Waals surface area contributed by atoms with E-state index < -0.39 is 0 Å². The summed E-state index contributed by atoms with van der Waals surface area (Å²) in [5, 5.41) is 5.05. The third-order valence-corrected chi connectivity index (χ3v) is 3.75. The predicted octanol–water partition coefficient (Wildman–Crippen LogP) is 3.74. The van der Waals surface area contributed by atoms with Gasteiger partial charge in [-0.2, -0.15) is 5.10 Å². The van der Waals surface area contributed by atoms with Crippen molar-refractivity contribution in [2.75, 3.05) is 5.43 Å². The number of hydrazone groups is 1. The molecule has 0 unspecified atom stereocenters. The van der Waals surface area contributed by atoms with E-state index in [0.717, 1.165) is 0 Å². The molecule has 2 rings (SSSR count). The maximum Gasteiger partial charge on any atom is 0.252 e. The van der Waals surface area contributed by atoms with E-state index in [4.69, 9.17) is 34.8 Å². The molecular formula is C13H11Cl3N4O. The van der Waals surface area contributed by atoms with Crippen molar-refractivity contribution in [1.29, 1.82) is 0 Å². The van der Waals surface area contributed by atoms with Gasteiger partial charge < -0.3 is 0 Å². The molecule has 0 aliphatic heterocycles. The Morgan fingerprint density at radius 2 is 2.05 bits per heavy atom. The van der Waals surface area contributed by atoms with E-state index >= 15 is 0 Å². The number of nitrogens with zero attached hydrogens (tertiary/aromatic N) is 2. The van der Waals surface area contributed by atoms with E-state index in [1.165, 1.54) is 12.3 Å². The lowest BCUT2D eigenvalue weighted by atomic mass is 10.2. The standard InChI is InChI=1S/C13H11Cl3N4O/c1-2-7-5-11(21)19-13(18-7)20-17-6-8-9(14)3-4-10(15)12(8)16/h3-6H,2H2,1H3,(H2,18,19,20,21)/b17-6-. The summed E-state index contributed by atoms with van der Waals surface area (Å²) in [4.78, 5) is 18.1. The minimum absolute atomic E-state index is 0.241. The van der Waals surface area contributed by atoms with Crippen LogP contribution < -0.4 is 11.0 Å². The van der Waals surface area contributed by atoms with E-state index in [1.54, 1.807) is 12.1 Å². The number of halogens is 3. The third kappa shape index (κ3) is 3.97. The molecule has 2 aromatic rings. The summed E-state index contributed by atoms with van der Waals surface area (Å²) in [6, 6.07) is 4.65. The molecular weight excluding hydrogens is 335 g/mol. The molecule has 0 spiro atoms. The Kier molecular flexibility index (Phi) is 5.22. The second kappa shape index (κ2) is 6.93. The average molecular weight is 346 g/mol. The van der Waals surface area contributed by atoms with Crippen LogP contribution in [0.5, 0.6) is 0 Å². The fraction of sp³-hybridized carbons (Fsp3) is 0.154. The van der Waals surface area contributed by atoms with Crippen molar-refractivity contribution in [3.05, 3.63) is 54.9 Å². The van der Waals surface area contributed by atoms with Gasteiger partial charge >= 0.3 is 0 Å². The molecule has 0 fully saturated rings. The number of aryl methyl sites for hydroxylation is 1. The van der Waals surface area contributed by atoms with E-state index in [0.29, 0.717) is 32.7 Å². The molecule has 1 aromatic heterocycles. The Bertz CT molecular complexity index is 743. The third-order valence-electron chi connectivity index (χ3n) is 2.60. The molecule has 1 aromatic carbocycles. The minimum Gasteiger partial charge on any atom is -0.291 e. The number of nitrogens with one attached hydrogen (secondary N) is 2. The molecule has 110 valence electrons. The number of hydrogen-bond donors (Lipinski definition) is 2. The van der Waals surface area contributed by atoms with Crippen LogP contribution in [0.3, 0.4) is 0 Å². The lowest BCUT2D eigenvalue weighted by molar-refractivity contribution is 0.974. The summed E-state index contributed by atoms with van der Waals surface area (Å²) >= 11 is 18.0. The molecule has 0 saturated carbocycles. The summed E-state index contributed by atoms with van der Waals surface area (Å²) in [7, 11) is 0. The van der Waals surface area contributed by atoms with Gasteiger partial charge in [-0.1, -0.05) is 41.7 Å². The highest BCUT2D eigenvalue weighted by Gasteiger charge is 2.07. The van der Waals surface area contributed by atoms with Gasteiger partial charge in [0.15, 0.2) is 0 Å². The molecule has 21 heavy (non-hydrogen) atoms. The molecule has 2 N–H and O–H groups in total. The van der Waals surface area contributed by atoms with Crippen LogP contribution in [0.2, 0.25) is 15.1 Å². The molecule has 1 heterocycles. The number of rotatable bonds is 4.